The highest BCUT2D eigenvalue weighted by Crippen LogP contribution is 2.12. The summed E-state index contributed by atoms with van der Waals surface area (Å²) in [6.07, 6.45) is 4.55. The molecule has 1 rings (SSSR count). The van der Waals surface area contributed by atoms with Crippen molar-refractivity contribution in [2.45, 2.75) is 5.09 Å². The minimum absolute atomic E-state index is 0.917. The predicted octanol–water partition coefficient (Wildman–Crippen LogP) is 1.80. The maximum atomic E-state index is 4.82. The highest BCUT2D eigenvalue weighted by Gasteiger charge is 1.86. The van der Waals surface area contributed by atoms with Crippen LogP contribution < -0.4 is 0 Å². The molecule has 7 heavy (non-hydrogen) atoms. The SMILES string of the molecule is CSc1cc[c]o1. The van der Waals surface area contributed by atoms with E-state index in [0.29, 0.717) is 0 Å². The molecule has 0 aliphatic heterocycles. The van der Waals surface area contributed by atoms with Gasteiger partial charge in [-0.1, -0.05) is 11.8 Å². The summed E-state index contributed by atoms with van der Waals surface area (Å²) < 4.78 is 4.82. The lowest BCUT2D eigenvalue weighted by Crippen LogP contribution is -1.50. The van der Waals surface area contributed by atoms with Gasteiger partial charge in [0, 0.05) is 0 Å². The smallest absolute Gasteiger partial charge is 0.170 e. The summed E-state index contributed by atoms with van der Waals surface area (Å²) in [4.78, 5) is 0. The average Bonchev–Trinajstić information content (AvgIpc) is 2.14. The molecular weight excluding hydrogens is 108 g/mol. The largest absolute Gasteiger partial charge is 0.447 e. The lowest BCUT2D eigenvalue weighted by molar-refractivity contribution is 0.467. The Morgan fingerprint density at radius 2 is 2.71 bits per heavy atom. The van der Waals surface area contributed by atoms with Gasteiger partial charge in [-0.15, -0.1) is 0 Å². The topological polar surface area (TPSA) is 13.1 Å². The first-order valence-corrected chi connectivity index (χ1v) is 3.16. The summed E-state index contributed by atoms with van der Waals surface area (Å²) in [5.74, 6) is 0. The first-order chi connectivity index (χ1) is 3.43. The highest BCUT2D eigenvalue weighted by atomic mass is 32.2. The fraction of sp³-hybridized carbons (Fsp3) is 0.200. The Morgan fingerprint density at radius 3 is 3.00 bits per heavy atom. The maximum Gasteiger partial charge on any atom is 0.170 e. The summed E-state index contributed by atoms with van der Waals surface area (Å²) in [6, 6.07) is 3.64. The monoisotopic (exact) mass is 113 g/mol. The first kappa shape index (κ1) is 4.78. The Bertz CT molecular complexity index is 123. The Morgan fingerprint density at radius 1 is 1.86 bits per heavy atom. The molecule has 0 saturated heterocycles. The van der Waals surface area contributed by atoms with Gasteiger partial charge in [0.25, 0.3) is 0 Å². The van der Waals surface area contributed by atoms with Crippen LogP contribution in [-0.2, 0) is 0 Å². The number of thioether (sulfide) groups is 1. The van der Waals surface area contributed by atoms with Gasteiger partial charge in [-0.3, -0.25) is 0 Å². The van der Waals surface area contributed by atoms with Crippen molar-refractivity contribution in [3.05, 3.63) is 18.4 Å². The second-order valence-corrected chi connectivity index (χ2v) is 1.89. The zero-order valence-corrected chi connectivity index (χ0v) is 4.79. The van der Waals surface area contributed by atoms with Gasteiger partial charge in [0.1, 0.15) is 0 Å². The molecule has 0 atom stereocenters. The molecule has 0 aliphatic rings. The van der Waals surface area contributed by atoms with Crippen LogP contribution in [0.5, 0.6) is 0 Å². The number of hydrogen-bond acceptors (Lipinski definition) is 2. The Hall–Kier alpha value is -0.370. The van der Waals surface area contributed by atoms with Crippen LogP contribution in [0.2, 0.25) is 0 Å². The molecule has 0 unspecified atom stereocenters. The van der Waals surface area contributed by atoms with Crippen LogP contribution >= 0.6 is 11.8 Å². The fourth-order valence-corrected chi connectivity index (χ4v) is 0.673. The average molecular weight is 113 g/mol. The van der Waals surface area contributed by atoms with Crippen molar-refractivity contribution in [2.75, 3.05) is 6.26 Å². The lowest BCUT2D eigenvalue weighted by atomic mass is 10.7. The van der Waals surface area contributed by atoms with Crippen LogP contribution in [0.4, 0.5) is 0 Å². The third-order valence-electron chi connectivity index (χ3n) is 0.648. The molecule has 0 saturated carbocycles. The van der Waals surface area contributed by atoms with Crippen LogP contribution in [0, 0.1) is 6.26 Å². The van der Waals surface area contributed by atoms with E-state index in [2.05, 4.69) is 6.26 Å². The van der Waals surface area contributed by atoms with Gasteiger partial charge in [-0.05, 0) is 18.4 Å². The van der Waals surface area contributed by atoms with Crippen molar-refractivity contribution in [2.24, 2.45) is 0 Å². The molecule has 1 radical (unpaired) electrons. The zero-order valence-electron chi connectivity index (χ0n) is 3.97. The fourth-order valence-electron chi connectivity index (χ4n) is 0.338. The molecule has 0 N–H and O–H groups in total. The van der Waals surface area contributed by atoms with Crippen molar-refractivity contribution in [1.82, 2.24) is 0 Å². The third-order valence-corrected chi connectivity index (χ3v) is 1.27. The minimum Gasteiger partial charge on any atom is -0.447 e. The van der Waals surface area contributed by atoms with Gasteiger partial charge in [-0.2, -0.15) is 0 Å². The standard InChI is InChI=1S/C5H5OS/c1-7-5-3-2-4-6-5/h2-3H,1H3. The van der Waals surface area contributed by atoms with Gasteiger partial charge < -0.3 is 4.42 Å². The molecule has 37 valence electrons. The molecule has 0 fully saturated rings. The van der Waals surface area contributed by atoms with Crippen LogP contribution in [0.1, 0.15) is 0 Å². The zero-order chi connectivity index (χ0) is 5.11. The van der Waals surface area contributed by atoms with E-state index in [4.69, 9.17) is 4.42 Å². The van der Waals surface area contributed by atoms with Gasteiger partial charge in [0.05, 0.1) is 0 Å². The molecule has 2 heteroatoms. The maximum absolute atomic E-state index is 4.82. The second kappa shape index (κ2) is 2.07. The Balaban J connectivity index is 2.76. The molecule has 1 heterocycles. The molecule has 0 amide bonds. The summed E-state index contributed by atoms with van der Waals surface area (Å²) >= 11 is 1.58. The normalized spacial score (nSPS) is 9.29. The minimum atomic E-state index is 0.917. The van der Waals surface area contributed by atoms with Crippen molar-refractivity contribution >= 4 is 11.8 Å². The van der Waals surface area contributed by atoms with Crippen molar-refractivity contribution in [3.63, 3.8) is 0 Å². The molecule has 0 spiro atoms. The predicted molar refractivity (Wildman–Crippen MR) is 29.3 cm³/mol. The van der Waals surface area contributed by atoms with E-state index in [1.165, 1.54) is 0 Å². The molecular formula is C5H5OS. The molecule has 0 aromatic carbocycles. The molecule has 0 aliphatic carbocycles. The van der Waals surface area contributed by atoms with Crippen LogP contribution in [-0.4, -0.2) is 6.26 Å². The quantitative estimate of drug-likeness (QED) is 0.515. The summed E-state index contributed by atoms with van der Waals surface area (Å²) in [7, 11) is 0. The highest BCUT2D eigenvalue weighted by molar-refractivity contribution is 7.98. The number of furan rings is 1. The van der Waals surface area contributed by atoms with Gasteiger partial charge in [-0.25, -0.2) is 0 Å². The lowest BCUT2D eigenvalue weighted by Gasteiger charge is -1.78. The van der Waals surface area contributed by atoms with Gasteiger partial charge in [0.15, 0.2) is 11.4 Å². The van der Waals surface area contributed by atoms with Gasteiger partial charge in [0.2, 0.25) is 0 Å². The van der Waals surface area contributed by atoms with Crippen LogP contribution in [0.15, 0.2) is 21.6 Å². The van der Waals surface area contributed by atoms with E-state index in [1.807, 2.05) is 12.3 Å². The Labute approximate surface area is 46.7 Å². The third kappa shape index (κ3) is 0.996. The second-order valence-electron chi connectivity index (χ2n) is 1.08. The molecule has 0 bridgehead atoms. The van der Waals surface area contributed by atoms with E-state index in [1.54, 1.807) is 17.8 Å². The summed E-state index contributed by atoms with van der Waals surface area (Å²) in [5, 5.41) is 0.917. The molecule has 1 nitrogen and oxygen atoms in total. The van der Waals surface area contributed by atoms with Crippen molar-refractivity contribution in [3.8, 4) is 0 Å². The van der Waals surface area contributed by atoms with E-state index < -0.39 is 0 Å². The Kier molecular flexibility index (Phi) is 1.42. The van der Waals surface area contributed by atoms with Crippen LogP contribution in [0.25, 0.3) is 0 Å². The van der Waals surface area contributed by atoms with E-state index in [0.717, 1.165) is 5.09 Å². The summed E-state index contributed by atoms with van der Waals surface area (Å²) in [6.45, 7) is 0. The van der Waals surface area contributed by atoms with Crippen LogP contribution in [0.3, 0.4) is 0 Å². The number of hydrogen-bond donors (Lipinski definition) is 0. The van der Waals surface area contributed by atoms with E-state index in [-0.39, 0.29) is 0 Å². The van der Waals surface area contributed by atoms with Crippen molar-refractivity contribution in [1.29, 1.82) is 0 Å². The first-order valence-electron chi connectivity index (χ1n) is 1.93. The van der Waals surface area contributed by atoms with Gasteiger partial charge >= 0.3 is 0 Å². The summed E-state index contributed by atoms with van der Waals surface area (Å²) in [5.41, 5.74) is 0. The molecule has 1 aromatic rings. The van der Waals surface area contributed by atoms with E-state index >= 15 is 0 Å². The molecule has 1 aromatic heterocycles. The van der Waals surface area contributed by atoms with E-state index in [9.17, 15) is 0 Å². The van der Waals surface area contributed by atoms with Crippen molar-refractivity contribution < 1.29 is 4.42 Å². The number of rotatable bonds is 1.